The lowest BCUT2D eigenvalue weighted by Gasteiger charge is -2.11. The standard InChI is InChI=1S/C13H8N4O/c14-5-8-4-10-11(2-1-3-12(10)18)17-13(8)9(6-15)7-16/h4,18H,1-3H2. The first kappa shape index (κ1) is 11.6. The minimum atomic E-state index is -0.181. The summed E-state index contributed by atoms with van der Waals surface area (Å²) < 4.78 is 0. The Balaban J connectivity index is 2.96. The van der Waals surface area contributed by atoms with Crippen molar-refractivity contribution >= 4 is 11.3 Å². The first-order chi connectivity index (χ1) is 8.71. The van der Waals surface area contributed by atoms with E-state index in [0.717, 1.165) is 6.42 Å². The number of nitrogens with zero attached hydrogens (tertiary/aromatic N) is 4. The van der Waals surface area contributed by atoms with Gasteiger partial charge < -0.3 is 5.11 Å². The Morgan fingerprint density at radius 1 is 1.22 bits per heavy atom. The van der Waals surface area contributed by atoms with Crippen LogP contribution in [0.5, 0.6) is 0 Å². The van der Waals surface area contributed by atoms with E-state index in [4.69, 9.17) is 15.8 Å². The third-order valence-electron chi connectivity index (χ3n) is 2.82. The van der Waals surface area contributed by atoms with Gasteiger partial charge in [0.05, 0.1) is 11.3 Å². The molecule has 0 saturated heterocycles. The largest absolute Gasteiger partial charge is 0.512 e. The fraction of sp³-hybridized carbons (Fsp3) is 0.231. The molecule has 1 aromatic heterocycles. The predicted molar refractivity (Wildman–Crippen MR) is 61.8 cm³/mol. The summed E-state index contributed by atoms with van der Waals surface area (Å²) >= 11 is 0. The molecule has 0 radical (unpaired) electrons. The van der Waals surface area contributed by atoms with Gasteiger partial charge in [0, 0.05) is 11.6 Å². The highest BCUT2D eigenvalue weighted by atomic mass is 16.3. The van der Waals surface area contributed by atoms with Gasteiger partial charge in [-0.15, -0.1) is 0 Å². The second-order valence-corrected chi connectivity index (χ2v) is 3.89. The van der Waals surface area contributed by atoms with E-state index in [1.165, 1.54) is 6.07 Å². The average molecular weight is 236 g/mol. The van der Waals surface area contributed by atoms with Gasteiger partial charge in [0.25, 0.3) is 0 Å². The molecule has 0 atom stereocenters. The number of aliphatic hydroxyl groups excluding tert-OH is 1. The van der Waals surface area contributed by atoms with Gasteiger partial charge in [-0.05, 0) is 18.9 Å². The van der Waals surface area contributed by atoms with Crippen LogP contribution in [0.1, 0.15) is 24.1 Å². The van der Waals surface area contributed by atoms with Crippen molar-refractivity contribution in [3.63, 3.8) is 0 Å². The molecular weight excluding hydrogens is 228 g/mol. The van der Waals surface area contributed by atoms with Gasteiger partial charge in [-0.1, -0.05) is 0 Å². The molecule has 0 spiro atoms. The number of hydrogen-bond acceptors (Lipinski definition) is 5. The van der Waals surface area contributed by atoms with Gasteiger partial charge in [0.1, 0.15) is 29.3 Å². The van der Waals surface area contributed by atoms with Gasteiger partial charge in [-0.25, -0.2) is 4.98 Å². The van der Waals surface area contributed by atoms with Crippen LogP contribution >= 0.6 is 0 Å². The van der Waals surface area contributed by atoms with Gasteiger partial charge in [-0.3, -0.25) is 0 Å². The third-order valence-corrected chi connectivity index (χ3v) is 2.82. The Kier molecular flexibility index (Phi) is 2.96. The molecule has 86 valence electrons. The first-order valence-electron chi connectivity index (χ1n) is 5.38. The molecule has 18 heavy (non-hydrogen) atoms. The van der Waals surface area contributed by atoms with E-state index < -0.39 is 0 Å². The van der Waals surface area contributed by atoms with E-state index in [-0.39, 0.29) is 22.2 Å². The maximum Gasteiger partial charge on any atom is 0.156 e. The number of fused-ring (bicyclic) bond motifs is 1. The highest BCUT2D eigenvalue weighted by Gasteiger charge is 2.13. The highest BCUT2D eigenvalue weighted by Crippen LogP contribution is 2.10. The maximum atomic E-state index is 9.76. The van der Waals surface area contributed by atoms with Crippen LogP contribution in [0.4, 0.5) is 0 Å². The number of rotatable bonds is 0. The van der Waals surface area contributed by atoms with Crippen molar-refractivity contribution in [3.05, 3.63) is 27.9 Å². The van der Waals surface area contributed by atoms with Crippen LogP contribution < -0.4 is 10.6 Å². The molecule has 5 heteroatoms. The molecule has 0 unspecified atom stereocenters. The lowest BCUT2D eigenvalue weighted by Crippen LogP contribution is -2.28. The van der Waals surface area contributed by atoms with Crippen molar-refractivity contribution in [2.75, 3.05) is 0 Å². The van der Waals surface area contributed by atoms with Crippen molar-refractivity contribution in [2.45, 2.75) is 19.3 Å². The SMILES string of the molecule is N#CC(C#N)=c1nc2c(cc1C#N)=C(O)CCC2. The van der Waals surface area contributed by atoms with Gasteiger partial charge in [0.2, 0.25) is 0 Å². The number of nitriles is 3. The van der Waals surface area contributed by atoms with Crippen molar-refractivity contribution in [1.29, 1.82) is 15.8 Å². The Bertz CT molecular complexity index is 740. The Morgan fingerprint density at radius 2 is 1.94 bits per heavy atom. The second kappa shape index (κ2) is 4.57. The first-order valence-corrected chi connectivity index (χ1v) is 5.38. The molecule has 0 bridgehead atoms. The summed E-state index contributed by atoms with van der Waals surface area (Å²) in [5.41, 5.74) is 0.593. The molecule has 1 aliphatic rings. The third kappa shape index (κ3) is 1.77. The van der Waals surface area contributed by atoms with Crippen LogP contribution in [0.2, 0.25) is 0 Å². The molecule has 0 aromatic carbocycles. The van der Waals surface area contributed by atoms with E-state index in [0.29, 0.717) is 23.8 Å². The number of pyridine rings is 1. The zero-order valence-corrected chi connectivity index (χ0v) is 9.43. The van der Waals surface area contributed by atoms with E-state index in [2.05, 4.69) is 4.98 Å². The molecule has 1 aromatic rings. The molecular formula is C13H8N4O. The molecule has 5 nitrogen and oxygen atoms in total. The van der Waals surface area contributed by atoms with Crippen LogP contribution in [0.15, 0.2) is 6.07 Å². The number of aromatic nitrogens is 1. The zero-order chi connectivity index (χ0) is 13.1. The fourth-order valence-electron chi connectivity index (χ4n) is 1.96. The van der Waals surface area contributed by atoms with Crippen LogP contribution in [-0.4, -0.2) is 10.1 Å². The zero-order valence-electron chi connectivity index (χ0n) is 9.43. The maximum absolute atomic E-state index is 9.76. The quantitative estimate of drug-likeness (QED) is 0.690. The summed E-state index contributed by atoms with van der Waals surface area (Å²) in [7, 11) is 0. The monoisotopic (exact) mass is 236 g/mol. The second-order valence-electron chi connectivity index (χ2n) is 3.89. The van der Waals surface area contributed by atoms with Gasteiger partial charge in [0.15, 0.2) is 5.57 Å². The summed E-state index contributed by atoms with van der Waals surface area (Å²) in [6, 6.07) is 6.87. The molecule has 1 heterocycles. The number of aliphatic hydroxyl groups is 1. The highest BCUT2D eigenvalue weighted by molar-refractivity contribution is 5.73. The summed E-state index contributed by atoms with van der Waals surface area (Å²) in [6.07, 6.45) is 2.00. The predicted octanol–water partition coefficient (Wildman–Crippen LogP) is 0.154. The normalized spacial score (nSPS) is 12.8. The minimum absolute atomic E-state index is 0.107. The van der Waals surface area contributed by atoms with Gasteiger partial charge >= 0.3 is 0 Å². The number of hydrogen-bond donors (Lipinski definition) is 1. The van der Waals surface area contributed by atoms with E-state index >= 15 is 0 Å². The minimum Gasteiger partial charge on any atom is -0.512 e. The summed E-state index contributed by atoms with van der Waals surface area (Å²) in [5.74, 6) is 0.210. The molecule has 2 rings (SSSR count). The molecule has 0 aliphatic heterocycles. The molecule has 1 aliphatic carbocycles. The molecule has 0 amide bonds. The van der Waals surface area contributed by atoms with E-state index in [1.807, 2.05) is 6.07 Å². The lowest BCUT2D eigenvalue weighted by atomic mass is 10.0. The van der Waals surface area contributed by atoms with Crippen molar-refractivity contribution in [3.8, 4) is 18.2 Å². The van der Waals surface area contributed by atoms with Crippen molar-refractivity contribution in [2.24, 2.45) is 0 Å². The molecule has 1 N–H and O–H groups in total. The average Bonchev–Trinajstić information content (AvgIpc) is 2.40. The van der Waals surface area contributed by atoms with Crippen molar-refractivity contribution < 1.29 is 5.11 Å². The Morgan fingerprint density at radius 3 is 2.56 bits per heavy atom. The summed E-state index contributed by atoms with van der Waals surface area (Å²) in [5, 5.41) is 37.1. The Hall–Kier alpha value is -2.84. The van der Waals surface area contributed by atoms with E-state index in [1.54, 1.807) is 12.1 Å². The lowest BCUT2D eigenvalue weighted by molar-refractivity contribution is 0.464. The summed E-state index contributed by atoms with van der Waals surface area (Å²) in [6.45, 7) is 0. The fourth-order valence-corrected chi connectivity index (χ4v) is 1.96. The van der Waals surface area contributed by atoms with Crippen LogP contribution in [0.25, 0.3) is 11.3 Å². The summed E-state index contributed by atoms with van der Waals surface area (Å²) in [4.78, 5) is 4.19. The molecule has 0 fully saturated rings. The number of aryl methyl sites for hydroxylation is 1. The van der Waals surface area contributed by atoms with E-state index in [9.17, 15) is 5.11 Å². The smallest absolute Gasteiger partial charge is 0.156 e. The van der Waals surface area contributed by atoms with Crippen molar-refractivity contribution in [1.82, 2.24) is 4.98 Å². The topological polar surface area (TPSA) is 104 Å². The van der Waals surface area contributed by atoms with Crippen LogP contribution in [0, 0.1) is 34.0 Å². The van der Waals surface area contributed by atoms with Crippen LogP contribution in [0.3, 0.4) is 0 Å². The molecule has 0 saturated carbocycles. The van der Waals surface area contributed by atoms with Gasteiger partial charge in [-0.2, -0.15) is 15.8 Å². The Labute approximate surface area is 103 Å². The van der Waals surface area contributed by atoms with Crippen LogP contribution in [-0.2, 0) is 6.42 Å².